The Morgan fingerprint density at radius 2 is 1.92 bits per heavy atom. The third-order valence-corrected chi connectivity index (χ3v) is 3.94. The normalized spacial score (nSPS) is 10.6. The van der Waals surface area contributed by atoms with Crippen LogP contribution in [0.3, 0.4) is 0 Å². The van der Waals surface area contributed by atoms with E-state index in [4.69, 9.17) is 16.3 Å². The van der Waals surface area contributed by atoms with Crippen LogP contribution in [0.4, 0.5) is 5.69 Å². The van der Waals surface area contributed by atoms with Crippen LogP contribution in [0, 0.1) is 0 Å². The Kier molecular flexibility index (Phi) is 4.27. The molecule has 0 aliphatic carbocycles. The Balaban J connectivity index is 2.07. The fourth-order valence-corrected chi connectivity index (χ4v) is 2.75. The van der Waals surface area contributed by atoms with Gasteiger partial charge in [-0.1, -0.05) is 23.7 Å². The lowest BCUT2D eigenvalue weighted by Crippen LogP contribution is -2.12. The number of nitrogens with zero attached hydrogens (tertiary/aromatic N) is 1. The van der Waals surface area contributed by atoms with Crippen LogP contribution >= 0.6 is 11.6 Å². The summed E-state index contributed by atoms with van der Waals surface area (Å²) in [6.45, 7) is 1.44. The number of ether oxygens (including phenoxy) is 1. The Hall–Kier alpha value is -2.79. The zero-order valence-electron chi connectivity index (χ0n) is 13.2. The monoisotopic (exact) mass is 342 g/mol. The van der Waals surface area contributed by atoms with Gasteiger partial charge < -0.3 is 10.1 Å². The highest BCUT2D eigenvalue weighted by Crippen LogP contribution is 2.28. The van der Waals surface area contributed by atoms with Gasteiger partial charge in [-0.3, -0.25) is 14.2 Å². The van der Waals surface area contributed by atoms with E-state index in [1.165, 1.54) is 24.8 Å². The van der Waals surface area contributed by atoms with Crippen molar-refractivity contribution < 1.29 is 14.3 Å². The largest absolute Gasteiger partial charge is 0.495 e. The van der Waals surface area contributed by atoms with Crippen LogP contribution in [0.1, 0.15) is 22.1 Å². The highest BCUT2D eigenvalue weighted by atomic mass is 35.5. The number of halogens is 1. The number of benzene rings is 2. The summed E-state index contributed by atoms with van der Waals surface area (Å²) < 4.78 is 6.67. The van der Waals surface area contributed by atoms with Gasteiger partial charge in [-0.05, 0) is 30.3 Å². The maximum absolute atomic E-state index is 12.7. The van der Waals surface area contributed by atoms with Gasteiger partial charge in [0.15, 0.2) is 0 Å². The number of anilines is 1. The number of nitrogens with one attached hydrogen (secondary N) is 1. The first-order chi connectivity index (χ1) is 11.5. The molecule has 0 saturated heterocycles. The van der Waals surface area contributed by atoms with Crippen molar-refractivity contribution in [3.05, 3.63) is 59.2 Å². The Labute approximate surface area is 143 Å². The standard InChI is InChI=1S/C18H15ClN2O3/c1-11(22)21-10-14(13-9-12(19)7-8-16(13)21)18(23)20-15-5-3-4-6-17(15)24-2/h3-10H,1-2H3,(H,20,23). The summed E-state index contributed by atoms with van der Waals surface area (Å²) in [4.78, 5) is 24.5. The molecule has 122 valence electrons. The summed E-state index contributed by atoms with van der Waals surface area (Å²) in [5, 5.41) is 3.92. The van der Waals surface area contributed by atoms with Gasteiger partial charge in [0.1, 0.15) is 5.75 Å². The Bertz CT molecular complexity index is 947. The SMILES string of the molecule is COc1ccccc1NC(=O)c1cn(C(C)=O)c2ccc(Cl)cc12. The van der Waals surface area contributed by atoms with Gasteiger partial charge in [0.25, 0.3) is 5.91 Å². The maximum Gasteiger partial charge on any atom is 0.257 e. The molecule has 5 nitrogen and oxygen atoms in total. The molecule has 0 atom stereocenters. The van der Waals surface area contributed by atoms with Crippen molar-refractivity contribution in [3.63, 3.8) is 0 Å². The lowest BCUT2D eigenvalue weighted by atomic mass is 10.1. The minimum Gasteiger partial charge on any atom is -0.495 e. The average Bonchev–Trinajstić information content (AvgIpc) is 2.94. The first-order valence-electron chi connectivity index (χ1n) is 7.27. The van der Waals surface area contributed by atoms with Crippen molar-refractivity contribution in [1.29, 1.82) is 0 Å². The first kappa shape index (κ1) is 16.1. The molecular weight excluding hydrogens is 328 g/mol. The number of carbonyl (C=O) groups excluding carboxylic acids is 2. The molecular formula is C18H15ClN2O3. The Morgan fingerprint density at radius 1 is 1.17 bits per heavy atom. The molecule has 0 bridgehead atoms. The molecule has 1 aromatic heterocycles. The number of fused-ring (bicyclic) bond motifs is 1. The molecule has 3 aromatic rings. The quantitative estimate of drug-likeness (QED) is 0.775. The fraction of sp³-hybridized carbons (Fsp3) is 0.111. The van der Waals surface area contributed by atoms with Gasteiger partial charge in [-0.2, -0.15) is 0 Å². The van der Waals surface area contributed by atoms with Gasteiger partial charge in [-0.15, -0.1) is 0 Å². The van der Waals surface area contributed by atoms with Gasteiger partial charge in [0.2, 0.25) is 5.91 Å². The van der Waals surface area contributed by atoms with E-state index in [2.05, 4.69) is 5.32 Å². The second-order valence-electron chi connectivity index (χ2n) is 5.25. The molecule has 0 aliphatic rings. The van der Waals surface area contributed by atoms with Crippen LogP contribution in [-0.4, -0.2) is 23.5 Å². The predicted octanol–water partition coefficient (Wildman–Crippen LogP) is 4.22. The van der Waals surface area contributed by atoms with Crippen LogP contribution in [-0.2, 0) is 0 Å². The number of rotatable bonds is 3. The van der Waals surface area contributed by atoms with Crippen LogP contribution in [0.5, 0.6) is 5.75 Å². The van der Waals surface area contributed by atoms with E-state index in [0.29, 0.717) is 32.9 Å². The third kappa shape index (κ3) is 2.86. The maximum atomic E-state index is 12.7. The first-order valence-corrected chi connectivity index (χ1v) is 7.65. The molecule has 0 fully saturated rings. The van der Waals surface area contributed by atoms with E-state index < -0.39 is 0 Å². The molecule has 6 heteroatoms. The van der Waals surface area contributed by atoms with Crippen LogP contribution in [0.2, 0.25) is 5.02 Å². The lowest BCUT2D eigenvalue weighted by molar-refractivity contribution is 0.0941. The number of amides is 1. The second kappa shape index (κ2) is 6.37. The van der Waals surface area contributed by atoms with E-state index in [-0.39, 0.29) is 11.8 Å². The minimum atomic E-state index is -0.341. The lowest BCUT2D eigenvalue weighted by Gasteiger charge is -2.09. The number of para-hydroxylation sites is 2. The van der Waals surface area contributed by atoms with E-state index in [9.17, 15) is 9.59 Å². The number of hydrogen-bond donors (Lipinski definition) is 1. The summed E-state index contributed by atoms with van der Waals surface area (Å²) in [6, 6.07) is 12.2. The highest BCUT2D eigenvalue weighted by Gasteiger charge is 2.18. The predicted molar refractivity (Wildman–Crippen MR) is 94.2 cm³/mol. The summed E-state index contributed by atoms with van der Waals surface area (Å²) in [5.41, 5.74) is 1.56. The van der Waals surface area contributed by atoms with Crippen molar-refractivity contribution >= 4 is 40.0 Å². The molecule has 0 unspecified atom stereocenters. The smallest absolute Gasteiger partial charge is 0.257 e. The molecule has 1 amide bonds. The van der Waals surface area contributed by atoms with Crippen molar-refractivity contribution in [1.82, 2.24) is 4.57 Å². The summed E-state index contributed by atoms with van der Waals surface area (Å²) >= 11 is 6.05. The molecule has 0 spiro atoms. The second-order valence-corrected chi connectivity index (χ2v) is 5.68. The summed E-state index contributed by atoms with van der Waals surface area (Å²) in [7, 11) is 1.53. The molecule has 3 rings (SSSR count). The van der Waals surface area contributed by atoms with E-state index in [0.717, 1.165) is 0 Å². The Morgan fingerprint density at radius 3 is 2.62 bits per heavy atom. The van der Waals surface area contributed by atoms with Crippen molar-refractivity contribution in [2.75, 3.05) is 12.4 Å². The van der Waals surface area contributed by atoms with Crippen LogP contribution in [0.25, 0.3) is 10.9 Å². The summed E-state index contributed by atoms with van der Waals surface area (Å²) in [6.07, 6.45) is 1.52. The van der Waals surface area contributed by atoms with E-state index in [1.54, 1.807) is 36.4 Å². The van der Waals surface area contributed by atoms with Crippen molar-refractivity contribution in [2.45, 2.75) is 6.92 Å². The van der Waals surface area contributed by atoms with Gasteiger partial charge in [-0.25, -0.2) is 0 Å². The molecule has 1 N–H and O–H groups in total. The van der Waals surface area contributed by atoms with Gasteiger partial charge in [0.05, 0.1) is 23.9 Å². The minimum absolute atomic E-state index is 0.182. The molecule has 0 saturated carbocycles. The topological polar surface area (TPSA) is 60.3 Å². The van der Waals surface area contributed by atoms with Crippen LogP contribution < -0.4 is 10.1 Å². The number of aromatic nitrogens is 1. The molecule has 0 radical (unpaired) electrons. The van der Waals surface area contributed by atoms with Crippen molar-refractivity contribution in [2.24, 2.45) is 0 Å². The third-order valence-electron chi connectivity index (χ3n) is 3.71. The number of carbonyl (C=O) groups is 2. The van der Waals surface area contributed by atoms with Crippen molar-refractivity contribution in [3.8, 4) is 5.75 Å². The molecule has 24 heavy (non-hydrogen) atoms. The highest BCUT2D eigenvalue weighted by molar-refractivity contribution is 6.31. The zero-order chi connectivity index (χ0) is 17.3. The zero-order valence-corrected chi connectivity index (χ0v) is 13.9. The van der Waals surface area contributed by atoms with Gasteiger partial charge in [0, 0.05) is 23.5 Å². The van der Waals surface area contributed by atoms with Gasteiger partial charge >= 0.3 is 0 Å². The van der Waals surface area contributed by atoms with E-state index >= 15 is 0 Å². The average molecular weight is 343 g/mol. The number of methoxy groups -OCH3 is 1. The number of hydrogen-bond acceptors (Lipinski definition) is 3. The summed E-state index contributed by atoms with van der Waals surface area (Å²) in [5.74, 6) is 0.0321. The van der Waals surface area contributed by atoms with E-state index in [1.807, 2.05) is 6.07 Å². The van der Waals surface area contributed by atoms with Crippen LogP contribution in [0.15, 0.2) is 48.7 Å². The molecule has 0 aliphatic heterocycles. The molecule has 1 heterocycles. The fourth-order valence-electron chi connectivity index (χ4n) is 2.58. The molecule has 2 aromatic carbocycles.